The minimum atomic E-state index is 0.882. The highest BCUT2D eigenvalue weighted by Crippen LogP contribution is 2.21. The smallest absolute Gasteiger partial charge is 0.108 e. The zero-order valence-corrected chi connectivity index (χ0v) is 13.8. The summed E-state index contributed by atoms with van der Waals surface area (Å²) >= 11 is 0. The summed E-state index contributed by atoms with van der Waals surface area (Å²) in [6.07, 6.45) is 14.3. The van der Waals surface area contributed by atoms with Crippen LogP contribution in [0.4, 0.5) is 0 Å². The molecule has 0 bridgehead atoms. The second-order valence-corrected chi connectivity index (χ2v) is 5.91. The monoisotopic (exact) mass is 296 g/mol. The summed E-state index contributed by atoms with van der Waals surface area (Å²) in [7, 11) is 0. The van der Waals surface area contributed by atoms with Crippen LogP contribution in [-0.4, -0.2) is 0 Å². The summed E-state index contributed by atoms with van der Waals surface area (Å²) in [5, 5.41) is 0. The second kappa shape index (κ2) is 10.0. The normalized spacial score (nSPS) is 11.8. The van der Waals surface area contributed by atoms with Gasteiger partial charge in [0.15, 0.2) is 0 Å². The molecule has 2 aromatic rings. The maximum atomic E-state index is 5.52. The summed E-state index contributed by atoms with van der Waals surface area (Å²) in [6.45, 7) is 2.27. The van der Waals surface area contributed by atoms with Gasteiger partial charge in [0.2, 0.25) is 0 Å². The van der Waals surface area contributed by atoms with E-state index >= 15 is 0 Å². The molecular formula is C21H28O. The van der Waals surface area contributed by atoms with Crippen LogP contribution in [0.1, 0.15) is 63.2 Å². The number of hydrogen-bond donors (Lipinski definition) is 0. The molecule has 1 heteroatoms. The molecule has 22 heavy (non-hydrogen) atoms. The van der Waals surface area contributed by atoms with E-state index < -0.39 is 0 Å². The predicted octanol–water partition coefficient (Wildman–Crippen LogP) is 6.66. The lowest BCUT2D eigenvalue weighted by Crippen LogP contribution is -1.90. The average Bonchev–Trinajstić information content (AvgIpc) is 3.07. The number of rotatable bonds is 10. The molecule has 1 aromatic heterocycles. The minimum absolute atomic E-state index is 0.882. The Labute approximate surface area is 135 Å². The Morgan fingerprint density at radius 3 is 2.41 bits per heavy atom. The molecule has 1 heterocycles. The third kappa shape index (κ3) is 5.93. The topological polar surface area (TPSA) is 13.1 Å². The van der Waals surface area contributed by atoms with E-state index in [0.29, 0.717) is 0 Å². The van der Waals surface area contributed by atoms with Crippen LogP contribution in [0.5, 0.6) is 0 Å². The van der Waals surface area contributed by atoms with Crippen molar-refractivity contribution in [2.24, 2.45) is 0 Å². The largest absolute Gasteiger partial charge is 0.469 e. The summed E-state index contributed by atoms with van der Waals surface area (Å²) < 4.78 is 5.52. The highest BCUT2D eigenvalue weighted by Gasteiger charge is 2.04. The Bertz CT molecular complexity index is 522. The van der Waals surface area contributed by atoms with Gasteiger partial charge in [-0.2, -0.15) is 0 Å². The lowest BCUT2D eigenvalue weighted by Gasteiger charge is -2.07. The molecule has 1 nitrogen and oxygen atoms in total. The molecule has 0 spiro atoms. The van der Waals surface area contributed by atoms with Gasteiger partial charge < -0.3 is 4.42 Å². The molecule has 1 aromatic carbocycles. The molecule has 0 amide bonds. The van der Waals surface area contributed by atoms with Gasteiger partial charge in [-0.25, -0.2) is 0 Å². The van der Waals surface area contributed by atoms with Crippen molar-refractivity contribution in [1.29, 1.82) is 0 Å². The summed E-state index contributed by atoms with van der Waals surface area (Å²) in [5.74, 6) is 1.04. The highest BCUT2D eigenvalue weighted by molar-refractivity contribution is 5.67. The molecule has 0 aliphatic carbocycles. The van der Waals surface area contributed by atoms with Crippen molar-refractivity contribution in [1.82, 2.24) is 0 Å². The molecule has 0 fully saturated rings. The van der Waals surface area contributed by atoms with Crippen molar-refractivity contribution in [3.05, 3.63) is 66.1 Å². The van der Waals surface area contributed by atoms with Crippen LogP contribution in [-0.2, 0) is 6.42 Å². The highest BCUT2D eigenvalue weighted by atomic mass is 16.3. The molecule has 0 radical (unpaired) electrons. The van der Waals surface area contributed by atoms with Crippen molar-refractivity contribution in [3.63, 3.8) is 0 Å². The Morgan fingerprint density at radius 1 is 0.909 bits per heavy atom. The molecule has 0 aliphatic heterocycles. The van der Waals surface area contributed by atoms with E-state index in [0.717, 1.165) is 18.6 Å². The number of furan rings is 1. The van der Waals surface area contributed by atoms with E-state index in [2.05, 4.69) is 49.4 Å². The van der Waals surface area contributed by atoms with Crippen molar-refractivity contribution in [3.8, 4) is 0 Å². The van der Waals surface area contributed by atoms with Crippen LogP contribution in [0.15, 0.2) is 59.2 Å². The van der Waals surface area contributed by atoms with Crippen molar-refractivity contribution in [2.75, 3.05) is 0 Å². The molecule has 0 saturated heterocycles. The Kier molecular flexibility index (Phi) is 7.59. The second-order valence-electron chi connectivity index (χ2n) is 5.91. The number of allylic oxidation sites excluding steroid dienone is 2. The Balaban J connectivity index is 1.88. The third-order valence-corrected chi connectivity index (χ3v) is 4.04. The third-order valence-electron chi connectivity index (χ3n) is 4.04. The first-order chi connectivity index (χ1) is 10.9. The number of hydrogen-bond acceptors (Lipinski definition) is 1. The molecule has 0 aliphatic rings. The summed E-state index contributed by atoms with van der Waals surface area (Å²) in [4.78, 5) is 0. The SMILES string of the molecule is CCCCCCCC/C=C(\Cc1ccco1)c1ccccc1. The number of unbranched alkanes of at least 4 members (excludes halogenated alkanes) is 6. The van der Waals surface area contributed by atoms with E-state index in [9.17, 15) is 0 Å². The van der Waals surface area contributed by atoms with Gasteiger partial charge in [0.25, 0.3) is 0 Å². The lowest BCUT2D eigenvalue weighted by atomic mass is 9.99. The molecule has 0 N–H and O–H groups in total. The van der Waals surface area contributed by atoms with E-state index in [1.54, 1.807) is 6.26 Å². The minimum Gasteiger partial charge on any atom is -0.469 e. The van der Waals surface area contributed by atoms with Crippen LogP contribution in [0.25, 0.3) is 5.57 Å². The first-order valence-electron chi connectivity index (χ1n) is 8.67. The average molecular weight is 296 g/mol. The van der Waals surface area contributed by atoms with E-state index in [1.165, 1.54) is 49.7 Å². The quantitative estimate of drug-likeness (QED) is 0.447. The van der Waals surface area contributed by atoms with Crippen LogP contribution < -0.4 is 0 Å². The zero-order chi connectivity index (χ0) is 15.5. The maximum absolute atomic E-state index is 5.52. The van der Waals surface area contributed by atoms with Gasteiger partial charge in [-0.15, -0.1) is 0 Å². The standard InChI is InChI=1S/C21H28O/c1-2-3-4-5-6-7-9-15-20(18-21-16-12-17-22-21)19-13-10-8-11-14-19/h8,10-17H,2-7,9,18H2,1H3/b20-15+. The lowest BCUT2D eigenvalue weighted by molar-refractivity contribution is 0.524. The fraction of sp³-hybridized carbons (Fsp3) is 0.429. The van der Waals surface area contributed by atoms with Crippen LogP contribution in [0.2, 0.25) is 0 Å². The van der Waals surface area contributed by atoms with Gasteiger partial charge in [0, 0.05) is 6.42 Å². The van der Waals surface area contributed by atoms with Gasteiger partial charge in [-0.1, -0.05) is 75.4 Å². The van der Waals surface area contributed by atoms with Gasteiger partial charge in [0.05, 0.1) is 6.26 Å². The van der Waals surface area contributed by atoms with Crippen LogP contribution in [0, 0.1) is 0 Å². The van der Waals surface area contributed by atoms with E-state index in [4.69, 9.17) is 4.42 Å². The zero-order valence-electron chi connectivity index (χ0n) is 13.8. The van der Waals surface area contributed by atoms with Crippen LogP contribution >= 0.6 is 0 Å². The fourth-order valence-electron chi connectivity index (χ4n) is 2.75. The van der Waals surface area contributed by atoms with Gasteiger partial charge in [-0.05, 0) is 36.1 Å². The van der Waals surface area contributed by atoms with Gasteiger partial charge >= 0.3 is 0 Å². The van der Waals surface area contributed by atoms with Crippen LogP contribution in [0.3, 0.4) is 0 Å². The molecule has 118 valence electrons. The molecular weight excluding hydrogens is 268 g/mol. The summed E-state index contributed by atoms with van der Waals surface area (Å²) in [5.41, 5.74) is 2.69. The van der Waals surface area contributed by atoms with Crippen molar-refractivity contribution >= 4 is 5.57 Å². The first-order valence-corrected chi connectivity index (χ1v) is 8.67. The molecule has 0 saturated carbocycles. The van der Waals surface area contributed by atoms with Crippen molar-refractivity contribution < 1.29 is 4.42 Å². The van der Waals surface area contributed by atoms with Gasteiger partial charge in [0.1, 0.15) is 5.76 Å². The number of benzene rings is 1. The molecule has 2 rings (SSSR count). The van der Waals surface area contributed by atoms with E-state index in [-0.39, 0.29) is 0 Å². The van der Waals surface area contributed by atoms with Gasteiger partial charge in [-0.3, -0.25) is 0 Å². The molecule has 0 unspecified atom stereocenters. The first kappa shape index (κ1) is 16.6. The summed E-state index contributed by atoms with van der Waals surface area (Å²) in [6, 6.07) is 14.7. The fourth-order valence-corrected chi connectivity index (χ4v) is 2.75. The van der Waals surface area contributed by atoms with E-state index in [1.807, 2.05) is 6.07 Å². The predicted molar refractivity (Wildman–Crippen MR) is 94.8 cm³/mol. The maximum Gasteiger partial charge on any atom is 0.108 e. The Hall–Kier alpha value is -1.76. The van der Waals surface area contributed by atoms with Crippen molar-refractivity contribution in [2.45, 2.75) is 58.3 Å². The Morgan fingerprint density at radius 2 is 1.68 bits per heavy atom. The molecule has 0 atom stereocenters.